The van der Waals surface area contributed by atoms with Crippen LogP contribution in [0, 0.1) is 0 Å². The molecule has 12 rings (SSSR count). The van der Waals surface area contributed by atoms with Crippen LogP contribution in [-0.4, -0.2) is 9.55 Å². The number of hydrogen-bond donors (Lipinski definition) is 0. The molecule has 12 aromatic rings. The quantitative estimate of drug-likeness (QED) is 0.161. The zero-order chi connectivity index (χ0) is 39.6. The number of para-hydroxylation sites is 2. The number of aromatic nitrogens is 2. The molecule has 282 valence electrons. The number of benzene rings is 9. The summed E-state index contributed by atoms with van der Waals surface area (Å²) in [7, 11) is 0. The Morgan fingerprint density at radius 3 is 1.80 bits per heavy atom. The standard InChI is InChI=1S/C55H35N3OS/c1-4-13-37(14-5-1)55-56-49-30-29-46-47-34-39(36-23-27-43(28-24-36)57(41-16-6-2-7-17-41)42-18-8-3-9-19-42)25-31-50(47)58(53(46)54(49)59-55)44-20-12-15-38(33-44)40-26-32-52-48(35-40)45-21-10-11-22-51(45)60-52/h1-35H. The number of nitrogens with zero attached hydrogens (tertiary/aromatic N) is 3. The largest absolute Gasteiger partial charge is 0.434 e. The maximum Gasteiger partial charge on any atom is 0.227 e. The molecule has 0 spiro atoms. The van der Waals surface area contributed by atoms with Crippen molar-refractivity contribution in [2.75, 3.05) is 4.90 Å². The smallest absolute Gasteiger partial charge is 0.227 e. The van der Waals surface area contributed by atoms with Crippen molar-refractivity contribution in [1.82, 2.24) is 9.55 Å². The van der Waals surface area contributed by atoms with Gasteiger partial charge in [0.15, 0.2) is 5.58 Å². The highest BCUT2D eigenvalue weighted by Gasteiger charge is 2.21. The van der Waals surface area contributed by atoms with Crippen molar-refractivity contribution in [2.45, 2.75) is 0 Å². The lowest BCUT2D eigenvalue weighted by Crippen LogP contribution is -2.09. The van der Waals surface area contributed by atoms with Gasteiger partial charge in [-0.1, -0.05) is 109 Å². The Hall–Kier alpha value is -7.73. The monoisotopic (exact) mass is 785 g/mol. The molecule has 3 heterocycles. The van der Waals surface area contributed by atoms with Crippen LogP contribution < -0.4 is 4.90 Å². The summed E-state index contributed by atoms with van der Waals surface area (Å²) < 4.78 is 11.7. The Kier molecular flexibility index (Phi) is 8.00. The van der Waals surface area contributed by atoms with Crippen molar-refractivity contribution in [3.8, 4) is 39.4 Å². The van der Waals surface area contributed by atoms with Gasteiger partial charge in [-0.2, -0.15) is 0 Å². The SMILES string of the molecule is c1ccc(-c2nc3ccc4c5cc(-c6ccc(N(c7ccccc7)c7ccccc7)cc6)ccc5n(-c5cccc(-c6ccc7sc8ccccc8c7c6)c5)c4c3o2)cc1. The molecule has 0 aliphatic carbocycles. The van der Waals surface area contributed by atoms with E-state index in [1.165, 1.54) is 25.7 Å². The first-order chi connectivity index (χ1) is 29.7. The van der Waals surface area contributed by atoms with E-state index in [0.717, 1.165) is 77.9 Å². The van der Waals surface area contributed by atoms with Crippen LogP contribution in [0.15, 0.2) is 217 Å². The van der Waals surface area contributed by atoms with E-state index >= 15 is 0 Å². The molecule has 0 atom stereocenters. The van der Waals surface area contributed by atoms with E-state index in [1.807, 2.05) is 41.7 Å². The molecule has 3 aromatic heterocycles. The summed E-state index contributed by atoms with van der Waals surface area (Å²) in [5.41, 5.74) is 13.7. The molecule has 0 N–H and O–H groups in total. The van der Waals surface area contributed by atoms with Gasteiger partial charge in [-0.15, -0.1) is 11.3 Å². The fourth-order valence-electron chi connectivity index (χ4n) is 8.77. The molecule has 60 heavy (non-hydrogen) atoms. The van der Waals surface area contributed by atoms with E-state index in [2.05, 4.69) is 191 Å². The number of rotatable bonds is 7. The molecular formula is C55H35N3OS. The Morgan fingerprint density at radius 2 is 1.02 bits per heavy atom. The second-order valence-corrected chi connectivity index (χ2v) is 16.3. The molecule has 0 aliphatic rings. The molecule has 0 amide bonds. The zero-order valence-corrected chi connectivity index (χ0v) is 33.2. The van der Waals surface area contributed by atoms with Crippen LogP contribution in [0.4, 0.5) is 17.1 Å². The Bertz CT molecular complexity index is 3490. The second-order valence-electron chi connectivity index (χ2n) is 15.2. The molecule has 0 unspecified atom stereocenters. The number of fused-ring (bicyclic) bond motifs is 8. The van der Waals surface area contributed by atoms with Crippen LogP contribution in [0.25, 0.3) is 92.5 Å². The fraction of sp³-hybridized carbons (Fsp3) is 0. The van der Waals surface area contributed by atoms with E-state index in [9.17, 15) is 0 Å². The predicted octanol–water partition coefficient (Wildman–Crippen LogP) is 15.8. The Balaban J connectivity index is 1.02. The van der Waals surface area contributed by atoms with Crippen molar-refractivity contribution in [3.63, 3.8) is 0 Å². The second kappa shape index (κ2) is 14.0. The first-order valence-corrected chi connectivity index (χ1v) is 21.0. The van der Waals surface area contributed by atoms with Gasteiger partial charge in [0.05, 0.1) is 11.0 Å². The van der Waals surface area contributed by atoms with Crippen LogP contribution in [0.2, 0.25) is 0 Å². The average molecular weight is 786 g/mol. The third-order valence-corrected chi connectivity index (χ3v) is 12.8. The fourth-order valence-corrected chi connectivity index (χ4v) is 9.86. The molecule has 0 aliphatic heterocycles. The van der Waals surface area contributed by atoms with Gasteiger partial charge in [-0.05, 0) is 125 Å². The lowest BCUT2D eigenvalue weighted by Gasteiger charge is -2.25. The third kappa shape index (κ3) is 5.70. The van der Waals surface area contributed by atoms with Crippen LogP contribution >= 0.6 is 11.3 Å². The van der Waals surface area contributed by atoms with Gasteiger partial charge in [0.1, 0.15) is 5.52 Å². The summed E-state index contributed by atoms with van der Waals surface area (Å²) in [6.45, 7) is 0. The van der Waals surface area contributed by atoms with Crippen LogP contribution in [0.5, 0.6) is 0 Å². The van der Waals surface area contributed by atoms with E-state index in [4.69, 9.17) is 9.40 Å². The molecule has 9 aromatic carbocycles. The summed E-state index contributed by atoms with van der Waals surface area (Å²) in [6.07, 6.45) is 0. The highest BCUT2D eigenvalue weighted by molar-refractivity contribution is 7.25. The number of hydrogen-bond acceptors (Lipinski definition) is 4. The molecular weight excluding hydrogens is 751 g/mol. The average Bonchev–Trinajstić information content (AvgIpc) is 4.02. The lowest BCUT2D eigenvalue weighted by atomic mass is 10.0. The first-order valence-electron chi connectivity index (χ1n) is 20.2. The molecule has 4 nitrogen and oxygen atoms in total. The van der Waals surface area contributed by atoms with E-state index < -0.39 is 0 Å². The van der Waals surface area contributed by atoms with Gasteiger partial charge in [0.25, 0.3) is 0 Å². The van der Waals surface area contributed by atoms with Gasteiger partial charge in [-0.25, -0.2) is 4.98 Å². The molecule has 0 saturated carbocycles. The molecule has 0 bridgehead atoms. The van der Waals surface area contributed by atoms with Gasteiger partial charge in [0.2, 0.25) is 5.89 Å². The Morgan fingerprint density at radius 1 is 0.417 bits per heavy atom. The number of thiophene rings is 1. The summed E-state index contributed by atoms with van der Waals surface area (Å²) in [4.78, 5) is 7.29. The minimum Gasteiger partial charge on any atom is -0.434 e. The van der Waals surface area contributed by atoms with Crippen LogP contribution in [0.3, 0.4) is 0 Å². The van der Waals surface area contributed by atoms with Crippen molar-refractivity contribution in [1.29, 1.82) is 0 Å². The molecule has 0 radical (unpaired) electrons. The van der Waals surface area contributed by atoms with Crippen molar-refractivity contribution < 1.29 is 4.42 Å². The molecule has 5 heteroatoms. The normalized spacial score (nSPS) is 11.7. The Labute approximate surface area is 350 Å². The summed E-state index contributed by atoms with van der Waals surface area (Å²) in [5.74, 6) is 0.612. The van der Waals surface area contributed by atoms with Gasteiger partial charge in [0, 0.05) is 59.3 Å². The van der Waals surface area contributed by atoms with Gasteiger partial charge < -0.3 is 13.9 Å². The number of anilines is 3. The zero-order valence-electron chi connectivity index (χ0n) is 32.4. The maximum atomic E-state index is 6.74. The maximum absolute atomic E-state index is 6.74. The van der Waals surface area contributed by atoms with E-state index in [-0.39, 0.29) is 0 Å². The van der Waals surface area contributed by atoms with Crippen LogP contribution in [-0.2, 0) is 0 Å². The van der Waals surface area contributed by atoms with Crippen molar-refractivity contribution in [3.05, 3.63) is 212 Å². The summed E-state index contributed by atoms with van der Waals surface area (Å²) in [6, 6.07) is 75.7. The summed E-state index contributed by atoms with van der Waals surface area (Å²) in [5, 5.41) is 4.86. The molecule has 0 saturated heterocycles. The van der Waals surface area contributed by atoms with Gasteiger partial charge in [-0.3, -0.25) is 0 Å². The van der Waals surface area contributed by atoms with Crippen LogP contribution in [0.1, 0.15) is 0 Å². The highest BCUT2D eigenvalue weighted by atomic mass is 32.1. The number of oxazole rings is 1. The highest BCUT2D eigenvalue weighted by Crippen LogP contribution is 2.42. The van der Waals surface area contributed by atoms with Crippen molar-refractivity contribution in [2.24, 2.45) is 0 Å². The topological polar surface area (TPSA) is 34.2 Å². The lowest BCUT2D eigenvalue weighted by molar-refractivity contribution is 0.622. The summed E-state index contributed by atoms with van der Waals surface area (Å²) >= 11 is 1.85. The minimum atomic E-state index is 0.612. The predicted molar refractivity (Wildman–Crippen MR) is 252 cm³/mol. The minimum absolute atomic E-state index is 0.612. The molecule has 0 fully saturated rings. The van der Waals surface area contributed by atoms with Crippen molar-refractivity contribution >= 4 is 81.5 Å². The third-order valence-electron chi connectivity index (χ3n) is 11.6. The van der Waals surface area contributed by atoms with Gasteiger partial charge >= 0.3 is 0 Å². The van der Waals surface area contributed by atoms with E-state index in [1.54, 1.807) is 0 Å². The van der Waals surface area contributed by atoms with E-state index in [0.29, 0.717) is 5.89 Å². The first kappa shape index (κ1) is 34.3.